The van der Waals surface area contributed by atoms with E-state index >= 15 is 0 Å². The fourth-order valence-electron chi connectivity index (χ4n) is 2.32. The molecule has 1 fully saturated rings. The highest BCUT2D eigenvalue weighted by Gasteiger charge is 2.16. The molecule has 0 radical (unpaired) electrons. The number of halogens is 1. The van der Waals surface area contributed by atoms with E-state index in [2.05, 4.69) is 31.3 Å². The molecular weight excluding hydrogens is 308 g/mol. The van der Waals surface area contributed by atoms with Crippen molar-refractivity contribution in [2.45, 2.75) is 25.7 Å². The van der Waals surface area contributed by atoms with Crippen LogP contribution in [0.1, 0.15) is 24.1 Å². The number of thiophene rings is 1. The van der Waals surface area contributed by atoms with Crippen molar-refractivity contribution in [2.75, 3.05) is 24.6 Å². The minimum Gasteiger partial charge on any atom is -0.463 e. The van der Waals surface area contributed by atoms with Gasteiger partial charge in [-0.15, -0.1) is 11.3 Å². The summed E-state index contributed by atoms with van der Waals surface area (Å²) in [6, 6.07) is 4.44. The number of nitrogens with zero attached hydrogens (tertiary/aromatic N) is 4. The van der Waals surface area contributed by atoms with E-state index in [1.807, 2.05) is 6.07 Å². The molecule has 0 spiro atoms. The van der Waals surface area contributed by atoms with Gasteiger partial charge < -0.3 is 9.64 Å². The van der Waals surface area contributed by atoms with Crippen molar-refractivity contribution in [2.24, 2.45) is 0 Å². The fraction of sp³-hybridized carbons (Fsp3) is 0.500. The van der Waals surface area contributed by atoms with Gasteiger partial charge in [-0.25, -0.2) is 0 Å². The van der Waals surface area contributed by atoms with Crippen LogP contribution in [0, 0.1) is 0 Å². The molecule has 1 aliphatic heterocycles. The topological polar surface area (TPSA) is 51.1 Å². The first-order valence-electron chi connectivity index (χ1n) is 7.13. The maximum atomic E-state index is 5.98. The smallest absolute Gasteiger partial charge is 0.322 e. The summed E-state index contributed by atoms with van der Waals surface area (Å²) in [5.41, 5.74) is 0. The molecule has 7 heteroatoms. The second-order valence-electron chi connectivity index (χ2n) is 4.91. The third-order valence-corrected chi connectivity index (χ3v) is 4.48. The summed E-state index contributed by atoms with van der Waals surface area (Å²) in [4.78, 5) is 16.1. The Kier molecular flexibility index (Phi) is 4.87. The van der Waals surface area contributed by atoms with Crippen molar-refractivity contribution in [1.82, 2.24) is 15.0 Å². The van der Waals surface area contributed by atoms with Crippen molar-refractivity contribution < 1.29 is 4.74 Å². The Balaban J connectivity index is 1.63. The summed E-state index contributed by atoms with van der Waals surface area (Å²) >= 11 is 7.70. The second kappa shape index (κ2) is 7.04. The number of ether oxygens (including phenoxy) is 1. The number of hydrogen-bond acceptors (Lipinski definition) is 6. The highest BCUT2D eigenvalue weighted by Crippen LogP contribution is 2.19. The van der Waals surface area contributed by atoms with Crippen LogP contribution >= 0.6 is 22.9 Å². The SMILES string of the molecule is Clc1nc(OCCc2cccs2)nc(N2CCCCC2)n1. The van der Waals surface area contributed by atoms with Crippen LogP contribution in [0.5, 0.6) is 6.01 Å². The summed E-state index contributed by atoms with van der Waals surface area (Å²) in [5.74, 6) is 0.626. The molecule has 2 aromatic rings. The predicted octanol–water partition coefficient (Wildman–Crippen LogP) is 3.20. The van der Waals surface area contributed by atoms with Crippen LogP contribution in [-0.2, 0) is 6.42 Å². The Bertz CT molecular complexity index is 572. The summed E-state index contributed by atoms with van der Waals surface area (Å²) in [6.45, 7) is 2.48. The van der Waals surface area contributed by atoms with Gasteiger partial charge in [-0.3, -0.25) is 0 Å². The van der Waals surface area contributed by atoms with Gasteiger partial charge in [0.05, 0.1) is 6.61 Å². The number of aromatic nitrogens is 3. The highest BCUT2D eigenvalue weighted by atomic mass is 35.5. The number of hydrogen-bond donors (Lipinski definition) is 0. The molecule has 0 saturated carbocycles. The van der Waals surface area contributed by atoms with Crippen molar-refractivity contribution >= 4 is 28.9 Å². The Morgan fingerprint density at radius 2 is 2.05 bits per heavy atom. The van der Waals surface area contributed by atoms with Crippen molar-refractivity contribution in [3.05, 3.63) is 27.7 Å². The Labute approximate surface area is 133 Å². The van der Waals surface area contributed by atoms with E-state index in [-0.39, 0.29) is 5.28 Å². The minimum absolute atomic E-state index is 0.191. The first-order valence-corrected chi connectivity index (χ1v) is 8.39. The second-order valence-corrected chi connectivity index (χ2v) is 6.28. The molecule has 0 unspecified atom stereocenters. The molecule has 112 valence electrons. The molecule has 0 N–H and O–H groups in total. The van der Waals surface area contributed by atoms with Gasteiger partial charge in [-0.05, 0) is 42.3 Å². The Morgan fingerprint density at radius 1 is 1.19 bits per heavy atom. The molecule has 1 saturated heterocycles. The van der Waals surface area contributed by atoms with Crippen LogP contribution in [0.3, 0.4) is 0 Å². The molecule has 5 nitrogen and oxygen atoms in total. The van der Waals surface area contributed by atoms with Gasteiger partial charge in [0, 0.05) is 24.4 Å². The van der Waals surface area contributed by atoms with Crippen LogP contribution in [0.2, 0.25) is 5.28 Å². The molecule has 3 heterocycles. The molecular formula is C14H17ClN4OS. The Hall–Kier alpha value is -1.40. The summed E-state index contributed by atoms with van der Waals surface area (Å²) < 4.78 is 5.62. The zero-order chi connectivity index (χ0) is 14.5. The largest absolute Gasteiger partial charge is 0.463 e. The summed E-state index contributed by atoms with van der Waals surface area (Å²) in [5, 5.41) is 2.25. The van der Waals surface area contributed by atoms with Crippen LogP contribution in [0.4, 0.5) is 5.95 Å². The van der Waals surface area contributed by atoms with Gasteiger partial charge in [-0.2, -0.15) is 15.0 Å². The lowest BCUT2D eigenvalue weighted by atomic mass is 10.1. The van der Waals surface area contributed by atoms with E-state index in [9.17, 15) is 0 Å². The van der Waals surface area contributed by atoms with Crippen molar-refractivity contribution in [3.8, 4) is 6.01 Å². The third-order valence-electron chi connectivity index (χ3n) is 3.37. The molecule has 1 aliphatic rings. The summed E-state index contributed by atoms with van der Waals surface area (Å²) in [7, 11) is 0. The zero-order valence-corrected chi connectivity index (χ0v) is 13.2. The fourth-order valence-corrected chi connectivity index (χ4v) is 3.16. The molecule has 0 amide bonds. The average Bonchev–Trinajstić information content (AvgIpc) is 3.01. The van der Waals surface area contributed by atoms with E-state index in [0.717, 1.165) is 32.4 Å². The number of anilines is 1. The maximum Gasteiger partial charge on any atom is 0.322 e. The van der Waals surface area contributed by atoms with E-state index in [1.165, 1.54) is 11.3 Å². The first kappa shape index (κ1) is 14.5. The maximum absolute atomic E-state index is 5.98. The normalized spacial score (nSPS) is 15.2. The monoisotopic (exact) mass is 324 g/mol. The van der Waals surface area contributed by atoms with Gasteiger partial charge >= 0.3 is 6.01 Å². The molecule has 21 heavy (non-hydrogen) atoms. The lowest BCUT2D eigenvalue weighted by molar-refractivity contribution is 0.296. The van der Waals surface area contributed by atoms with Crippen LogP contribution in [-0.4, -0.2) is 34.6 Å². The zero-order valence-electron chi connectivity index (χ0n) is 11.7. The van der Waals surface area contributed by atoms with Crippen LogP contribution in [0.25, 0.3) is 0 Å². The van der Waals surface area contributed by atoms with Gasteiger partial charge in [0.15, 0.2) is 0 Å². The van der Waals surface area contributed by atoms with Gasteiger partial charge in [0.25, 0.3) is 0 Å². The number of rotatable bonds is 5. The highest BCUT2D eigenvalue weighted by molar-refractivity contribution is 7.09. The van der Waals surface area contributed by atoms with E-state index in [0.29, 0.717) is 18.6 Å². The van der Waals surface area contributed by atoms with Crippen molar-refractivity contribution in [3.63, 3.8) is 0 Å². The van der Waals surface area contributed by atoms with Crippen LogP contribution < -0.4 is 9.64 Å². The van der Waals surface area contributed by atoms with Crippen molar-refractivity contribution in [1.29, 1.82) is 0 Å². The predicted molar refractivity (Wildman–Crippen MR) is 84.4 cm³/mol. The first-order chi connectivity index (χ1) is 10.3. The molecule has 0 aliphatic carbocycles. The summed E-state index contributed by atoms with van der Waals surface area (Å²) in [6.07, 6.45) is 4.44. The van der Waals surface area contributed by atoms with Gasteiger partial charge in [0.2, 0.25) is 11.2 Å². The lowest BCUT2D eigenvalue weighted by Gasteiger charge is -2.26. The van der Waals surface area contributed by atoms with Gasteiger partial charge in [-0.1, -0.05) is 6.07 Å². The average molecular weight is 325 g/mol. The Morgan fingerprint density at radius 3 is 2.81 bits per heavy atom. The quantitative estimate of drug-likeness (QED) is 0.845. The minimum atomic E-state index is 0.191. The molecule has 0 atom stereocenters. The van der Waals surface area contributed by atoms with E-state index < -0.39 is 0 Å². The van der Waals surface area contributed by atoms with Gasteiger partial charge in [0.1, 0.15) is 0 Å². The van der Waals surface area contributed by atoms with E-state index in [1.54, 1.807) is 11.3 Å². The van der Waals surface area contributed by atoms with E-state index in [4.69, 9.17) is 16.3 Å². The third kappa shape index (κ3) is 4.04. The number of piperidine rings is 1. The standard InChI is InChI=1S/C14H17ClN4OS/c15-12-16-13(19-7-2-1-3-8-19)18-14(17-12)20-9-6-11-5-4-10-21-11/h4-5,10H,1-3,6-9H2. The molecule has 0 bridgehead atoms. The molecule has 3 rings (SSSR count). The lowest BCUT2D eigenvalue weighted by Crippen LogP contribution is -2.31. The van der Waals surface area contributed by atoms with Crippen LogP contribution in [0.15, 0.2) is 17.5 Å². The molecule has 0 aromatic carbocycles. The molecule has 2 aromatic heterocycles.